The molecule has 2 rings (SSSR count). The van der Waals surface area contributed by atoms with Crippen LogP contribution in [0.4, 0.5) is 0 Å². The van der Waals surface area contributed by atoms with Crippen LogP contribution in [-0.2, 0) is 0 Å². The van der Waals surface area contributed by atoms with Gasteiger partial charge in [-0.15, -0.1) is 11.3 Å². The van der Waals surface area contributed by atoms with Crippen molar-refractivity contribution in [1.29, 1.82) is 0 Å². The van der Waals surface area contributed by atoms with Gasteiger partial charge in [0.15, 0.2) is 5.13 Å². The zero-order chi connectivity index (χ0) is 12.6. The monoisotopic (exact) mass is 249 g/mol. The van der Waals surface area contributed by atoms with Crippen molar-refractivity contribution in [2.75, 3.05) is 14.1 Å². The molecule has 0 atom stereocenters. The molecule has 1 amide bonds. The van der Waals surface area contributed by atoms with E-state index in [1.54, 1.807) is 36.5 Å². The Labute approximate surface area is 105 Å². The van der Waals surface area contributed by atoms with Gasteiger partial charge in [-0.2, -0.15) is 0 Å². The van der Waals surface area contributed by atoms with E-state index in [9.17, 15) is 4.79 Å². The van der Waals surface area contributed by atoms with Gasteiger partial charge in [0.05, 0.1) is 5.56 Å². The molecule has 5 heteroatoms. The molecule has 0 N–H and O–H groups in total. The van der Waals surface area contributed by atoms with E-state index in [0.29, 0.717) is 0 Å². The highest BCUT2D eigenvalue weighted by molar-refractivity contribution is 7.12. The van der Waals surface area contributed by atoms with Gasteiger partial charge in [-0.3, -0.25) is 9.36 Å². The second-order valence-electron chi connectivity index (χ2n) is 4.13. The Balaban J connectivity index is 2.54. The summed E-state index contributed by atoms with van der Waals surface area (Å²) in [7, 11) is 3.52. The van der Waals surface area contributed by atoms with Crippen LogP contribution < -0.4 is 0 Å². The fraction of sp³-hybridized carbons (Fsp3) is 0.333. The number of carbonyl (C=O) groups excluding carboxylic acids is 1. The van der Waals surface area contributed by atoms with Crippen molar-refractivity contribution in [2.45, 2.75) is 13.8 Å². The van der Waals surface area contributed by atoms with Crippen LogP contribution >= 0.6 is 11.3 Å². The van der Waals surface area contributed by atoms with Crippen molar-refractivity contribution in [2.24, 2.45) is 0 Å². The zero-order valence-corrected chi connectivity index (χ0v) is 11.2. The molecule has 2 aromatic rings. The average molecular weight is 249 g/mol. The van der Waals surface area contributed by atoms with Crippen LogP contribution in [0.1, 0.15) is 21.7 Å². The van der Waals surface area contributed by atoms with Gasteiger partial charge in [-0.25, -0.2) is 4.98 Å². The van der Waals surface area contributed by atoms with E-state index in [1.165, 1.54) is 0 Å². The lowest BCUT2D eigenvalue weighted by Gasteiger charge is -2.10. The second-order valence-corrected chi connectivity index (χ2v) is 5.01. The number of aryl methyl sites for hydroxylation is 1. The van der Waals surface area contributed by atoms with E-state index in [-0.39, 0.29) is 5.91 Å². The molecule has 2 heterocycles. The van der Waals surface area contributed by atoms with Crippen LogP contribution in [0.2, 0.25) is 0 Å². The summed E-state index contributed by atoms with van der Waals surface area (Å²) in [5.41, 5.74) is 2.71. The molecule has 90 valence electrons. The molecule has 2 aromatic heterocycles. The summed E-state index contributed by atoms with van der Waals surface area (Å²) < 4.78 is 2.02. The summed E-state index contributed by atoms with van der Waals surface area (Å²) in [5, 5.41) is 2.83. The first-order valence-electron chi connectivity index (χ1n) is 5.33. The molecule has 0 unspecified atom stereocenters. The van der Waals surface area contributed by atoms with Crippen molar-refractivity contribution in [3.8, 4) is 5.13 Å². The van der Waals surface area contributed by atoms with Crippen molar-refractivity contribution in [3.63, 3.8) is 0 Å². The number of carbonyl (C=O) groups is 1. The lowest BCUT2D eigenvalue weighted by molar-refractivity contribution is 0.0827. The molecule has 0 fully saturated rings. The number of aromatic nitrogens is 2. The van der Waals surface area contributed by atoms with E-state index in [0.717, 1.165) is 22.1 Å². The summed E-state index contributed by atoms with van der Waals surface area (Å²) in [6, 6.07) is 1.92. The number of hydrogen-bond acceptors (Lipinski definition) is 3. The third-order valence-electron chi connectivity index (χ3n) is 2.68. The number of thiazole rings is 1. The minimum Gasteiger partial charge on any atom is -0.345 e. The molecule has 0 aromatic carbocycles. The maximum absolute atomic E-state index is 12.0. The standard InChI is InChI=1S/C12H15N3OS/c1-8-7-10(11(16)14(3)4)9(2)15(8)12-13-5-6-17-12/h5-7H,1-4H3. The number of rotatable bonds is 2. The first kappa shape index (κ1) is 11.9. The summed E-state index contributed by atoms with van der Waals surface area (Å²) in [4.78, 5) is 17.9. The molecule has 0 aliphatic rings. The van der Waals surface area contributed by atoms with E-state index >= 15 is 0 Å². The molecule has 17 heavy (non-hydrogen) atoms. The molecule has 0 saturated carbocycles. The summed E-state index contributed by atoms with van der Waals surface area (Å²) in [6.07, 6.45) is 1.77. The third-order valence-corrected chi connectivity index (χ3v) is 3.43. The molecule has 0 radical (unpaired) electrons. The van der Waals surface area contributed by atoms with E-state index in [4.69, 9.17) is 0 Å². The smallest absolute Gasteiger partial charge is 0.255 e. The number of nitrogens with zero attached hydrogens (tertiary/aromatic N) is 3. The van der Waals surface area contributed by atoms with E-state index in [1.807, 2.05) is 29.9 Å². The lowest BCUT2D eigenvalue weighted by atomic mass is 10.2. The normalized spacial score (nSPS) is 10.6. The highest BCUT2D eigenvalue weighted by Gasteiger charge is 2.18. The topological polar surface area (TPSA) is 38.1 Å². The van der Waals surface area contributed by atoms with Crippen LogP contribution in [0.15, 0.2) is 17.6 Å². The van der Waals surface area contributed by atoms with Gasteiger partial charge in [-0.05, 0) is 19.9 Å². The highest BCUT2D eigenvalue weighted by Crippen LogP contribution is 2.22. The van der Waals surface area contributed by atoms with Gasteiger partial charge >= 0.3 is 0 Å². The lowest BCUT2D eigenvalue weighted by Crippen LogP contribution is -2.22. The molecule has 4 nitrogen and oxygen atoms in total. The minimum atomic E-state index is 0.0286. The summed E-state index contributed by atoms with van der Waals surface area (Å²) in [6.45, 7) is 3.94. The Morgan fingerprint density at radius 3 is 2.65 bits per heavy atom. The summed E-state index contributed by atoms with van der Waals surface area (Å²) in [5.74, 6) is 0.0286. The molecule has 0 bridgehead atoms. The van der Waals surface area contributed by atoms with Crippen LogP contribution in [0, 0.1) is 13.8 Å². The predicted octanol–water partition coefficient (Wildman–Crippen LogP) is 2.25. The number of amides is 1. The van der Waals surface area contributed by atoms with Crippen LogP contribution in [0.5, 0.6) is 0 Å². The molecular weight excluding hydrogens is 234 g/mol. The van der Waals surface area contributed by atoms with Gasteiger partial charge < -0.3 is 4.90 Å². The Morgan fingerprint density at radius 1 is 1.41 bits per heavy atom. The van der Waals surface area contributed by atoms with Crippen LogP contribution in [0.3, 0.4) is 0 Å². The Morgan fingerprint density at radius 2 is 2.12 bits per heavy atom. The first-order valence-corrected chi connectivity index (χ1v) is 6.20. The fourth-order valence-corrected chi connectivity index (χ4v) is 2.59. The van der Waals surface area contributed by atoms with Gasteiger partial charge in [-0.1, -0.05) is 0 Å². The molecule has 0 spiro atoms. The molecular formula is C12H15N3OS. The van der Waals surface area contributed by atoms with Gasteiger partial charge in [0, 0.05) is 37.1 Å². The Bertz CT molecular complexity index is 540. The predicted molar refractivity (Wildman–Crippen MR) is 68.9 cm³/mol. The fourth-order valence-electron chi connectivity index (χ4n) is 1.84. The van der Waals surface area contributed by atoms with Gasteiger partial charge in [0.2, 0.25) is 0 Å². The Kier molecular flexibility index (Phi) is 3.02. The molecule has 0 aliphatic carbocycles. The quantitative estimate of drug-likeness (QED) is 0.818. The van der Waals surface area contributed by atoms with Gasteiger partial charge in [0.25, 0.3) is 5.91 Å². The molecule has 0 aliphatic heterocycles. The van der Waals surface area contributed by atoms with E-state index in [2.05, 4.69) is 4.98 Å². The second kappa shape index (κ2) is 4.33. The van der Waals surface area contributed by atoms with E-state index < -0.39 is 0 Å². The largest absolute Gasteiger partial charge is 0.345 e. The minimum absolute atomic E-state index is 0.0286. The van der Waals surface area contributed by atoms with Crippen molar-refractivity contribution in [3.05, 3.63) is 34.6 Å². The Hall–Kier alpha value is -1.62. The number of hydrogen-bond donors (Lipinski definition) is 0. The van der Waals surface area contributed by atoms with Crippen molar-refractivity contribution < 1.29 is 4.79 Å². The SMILES string of the molecule is Cc1cc(C(=O)N(C)C)c(C)n1-c1nccs1. The zero-order valence-electron chi connectivity index (χ0n) is 10.4. The molecule has 0 saturated heterocycles. The third kappa shape index (κ3) is 1.98. The van der Waals surface area contributed by atoms with Crippen molar-refractivity contribution in [1.82, 2.24) is 14.5 Å². The van der Waals surface area contributed by atoms with Crippen LogP contribution in [-0.4, -0.2) is 34.5 Å². The average Bonchev–Trinajstić information content (AvgIpc) is 2.85. The first-order chi connectivity index (χ1) is 8.02. The van der Waals surface area contributed by atoms with Crippen LogP contribution in [0.25, 0.3) is 5.13 Å². The summed E-state index contributed by atoms with van der Waals surface area (Å²) >= 11 is 1.56. The van der Waals surface area contributed by atoms with Gasteiger partial charge in [0.1, 0.15) is 0 Å². The highest BCUT2D eigenvalue weighted by atomic mass is 32.1. The maximum Gasteiger partial charge on any atom is 0.255 e. The maximum atomic E-state index is 12.0. The van der Waals surface area contributed by atoms with Crippen molar-refractivity contribution >= 4 is 17.2 Å².